The lowest BCUT2D eigenvalue weighted by atomic mass is 10.0. The molecule has 0 spiro atoms. The van der Waals surface area contributed by atoms with Crippen LogP contribution < -0.4 is 10.1 Å². The van der Waals surface area contributed by atoms with E-state index in [-0.39, 0.29) is 19.1 Å². The molecule has 1 N–H and O–H groups in total. The van der Waals surface area contributed by atoms with Crippen LogP contribution in [0.15, 0.2) is 42.5 Å². The summed E-state index contributed by atoms with van der Waals surface area (Å²) in [5, 5.41) is 2.74. The van der Waals surface area contributed by atoms with Gasteiger partial charge in [-0.1, -0.05) is 38.1 Å². The molecule has 0 aliphatic rings. The highest BCUT2D eigenvalue weighted by Gasteiger charge is 2.10. The van der Waals surface area contributed by atoms with Crippen molar-refractivity contribution in [2.24, 2.45) is 0 Å². The Labute approximate surface area is 154 Å². The smallest absolute Gasteiger partial charge is 0.344 e. The summed E-state index contributed by atoms with van der Waals surface area (Å²) >= 11 is 0. The van der Waals surface area contributed by atoms with Crippen LogP contribution in [-0.4, -0.2) is 25.1 Å². The van der Waals surface area contributed by atoms with Crippen molar-refractivity contribution < 1.29 is 19.1 Å². The molecule has 0 aromatic heterocycles. The third-order valence-corrected chi connectivity index (χ3v) is 3.93. The third-order valence-electron chi connectivity index (χ3n) is 3.93. The van der Waals surface area contributed by atoms with Crippen molar-refractivity contribution in [2.75, 3.05) is 18.5 Å². The summed E-state index contributed by atoms with van der Waals surface area (Å²) in [6, 6.07) is 13.3. The number of ether oxygens (including phenoxy) is 2. The minimum Gasteiger partial charge on any atom is -0.482 e. The van der Waals surface area contributed by atoms with E-state index in [0.717, 1.165) is 11.1 Å². The summed E-state index contributed by atoms with van der Waals surface area (Å²) in [5.41, 5.74) is 3.90. The first kappa shape index (κ1) is 19.5. The van der Waals surface area contributed by atoms with Crippen molar-refractivity contribution in [1.82, 2.24) is 0 Å². The van der Waals surface area contributed by atoms with Crippen LogP contribution in [0, 0.1) is 13.8 Å². The van der Waals surface area contributed by atoms with Crippen molar-refractivity contribution in [1.29, 1.82) is 0 Å². The van der Waals surface area contributed by atoms with Gasteiger partial charge in [-0.3, -0.25) is 4.79 Å². The van der Waals surface area contributed by atoms with E-state index < -0.39 is 5.97 Å². The molecular formula is C21H25NO4. The second-order valence-electron chi connectivity index (χ2n) is 6.54. The molecule has 2 aromatic carbocycles. The molecule has 0 fully saturated rings. The second kappa shape index (κ2) is 9.04. The molecule has 1 amide bonds. The molecule has 0 aliphatic carbocycles. The van der Waals surface area contributed by atoms with E-state index >= 15 is 0 Å². The Hall–Kier alpha value is -2.82. The van der Waals surface area contributed by atoms with E-state index in [0.29, 0.717) is 17.4 Å². The first-order chi connectivity index (χ1) is 12.3. The van der Waals surface area contributed by atoms with Gasteiger partial charge in [-0.25, -0.2) is 4.79 Å². The monoisotopic (exact) mass is 355 g/mol. The van der Waals surface area contributed by atoms with Crippen LogP contribution >= 0.6 is 0 Å². The summed E-state index contributed by atoms with van der Waals surface area (Å²) < 4.78 is 10.3. The standard InChI is InChI=1S/C21H25NO4/c1-14(2)17-7-9-18(10-8-17)25-13-21(24)26-12-20(23)22-19-11-15(3)5-6-16(19)4/h5-11,14H,12-13H2,1-4H3,(H,22,23). The number of aryl methyl sites for hydroxylation is 2. The lowest BCUT2D eigenvalue weighted by Gasteiger charge is -2.11. The number of anilines is 1. The molecule has 5 heteroatoms. The van der Waals surface area contributed by atoms with E-state index in [1.807, 2.05) is 56.3 Å². The van der Waals surface area contributed by atoms with Gasteiger partial charge in [0.15, 0.2) is 13.2 Å². The van der Waals surface area contributed by atoms with Crippen LogP contribution in [0.2, 0.25) is 0 Å². The van der Waals surface area contributed by atoms with Gasteiger partial charge in [0.2, 0.25) is 0 Å². The molecule has 26 heavy (non-hydrogen) atoms. The first-order valence-corrected chi connectivity index (χ1v) is 8.60. The maximum atomic E-state index is 11.9. The predicted molar refractivity (Wildman–Crippen MR) is 102 cm³/mol. The van der Waals surface area contributed by atoms with Crippen LogP contribution in [-0.2, 0) is 14.3 Å². The van der Waals surface area contributed by atoms with Gasteiger partial charge in [0.05, 0.1) is 0 Å². The first-order valence-electron chi connectivity index (χ1n) is 8.60. The molecular weight excluding hydrogens is 330 g/mol. The minimum absolute atomic E-state index is 0.238. The van der Waals surface area contributed by atoms with Gasteiger partial charge in [-0.2, -0.15) is 0 Å². The topological polar surface area (TPSA) is 64.6 Å². The van der Waals surface area contributed by atoms with Crippen molar-refractivity contribution in [2.45, 2.75) is 33.6 Å². The average Bonchev–Trinajstić information content (AvgIpc) is 2.61. The summed E-state index contributed by atoms with van der Waals surface area (Å²) in [4.78, 5) is 23.7. The zero-order valence-electron chi connectivity index (χ0n) is 15.7. The number of rotatable bonds is 7. The van der Waals surface area contributed by atoms with Gasteiger partial charge in [-0.15, -0.1) is 0 Å². The Kier molecular flexibility index (Phi) is 6.78. The van der Waals surface area contributed by atoms with Gasteiger partial charge in [0.25, 0.3) is 5.91 Å². The number of nitrogens with one attached hydrogen (secondary N) is 1. The summed E-state index contributed by atoms with van der Waals surface area (Å²) in [6.07, 6.45) is 0. The van der Waals surface area contributed by atoms with Crippen LogP contribution in [0.5, 0.6) is 5.75 Å². The van der Waals surface area contributed by atoms with E-state index in [1.165, 1.54) is 5.56 Å². The Bertz CT molecular complexity index is 766. The normalized spacial score (nSPS) is 10.5. The molecule has 0 heterocycles. The Morgan fingerprint density at radius 3 is 2.35 bits per heavy atom. The molecule has 2 aromatic rings. The van der Waals surface area contributed by atoms with Gasteiger partial charge >= 0.3 is 5.97 Å². The van der Waals surface area contributed by atoms with Gasteiger partial charge in [0.1, 0.15) is 5.75 Å². The molecule has 5 nitrogen and oxygen atoms in total. The second-order valence-corrected chi connectivity index (χ2v) is 6.54. The SMILES string of the molecule is Cc1ccc(C)c(NC(=O)COC(=O)COc2ccc(C(C)C)cc2)c1. The largest absolute Gasteiger partial charge is 0.482 e. The summed E-state index contributed by atoms with van der Waals surface area (Å²) in [6.45, 7) is 7.48. The molecule has 0 unspecified atom stereocenters. The van der Waals surface area contributed by atoms with Crippen molar-refractivity contribution >= 4 is 17.6 Å². The zero-order valence-corrected chi connectivity index (χ0v) is 15.7. The summed E-state index contributed by atoms with van der Waals surface area (Å²) in [5.74, 6) is 0.0538. The number of amides is 1. The van der Waals surface area contributed by atoms with Crippen molar-refractivity contribution in [3.8, 4) is 5.75 Å². The van der Waals surface area contributed by atoms with E-state index in [9.17, 15) is 9.59 Å². The zero-order chi connectivity index (χ0) is 19.1. The fourth-order valence-corrected chi connectivity index (χ4v) is 2.34. The highest BCUT2D eigenvalue weighted by molar-refractivity contribution is 5.93. The van der Waals surface area contributed by atoms with Crippen LogP contribution in [0.4, 0.5) is 5.69 Å². The number of hydrogen-bond acceptors (Lipinski definition) is 4. The molecule has 0 atom stereocenters. The molecule has 138 valence electrons. The molecule has 0 saturated carbocycles. The van der Waals surface area contributed by atoms with Crippen LogP contribution in [0.25, 0.3) is 0 Å². The average molecular weight is 355 g/mol. The minimum atomic E-state index is -0.589. The Balaban J connectivity index is 1.75. The van der Waals surface area contributed by atoms with Gasteiger partial charge in [-0.05, 0) is 54.7 Å². The van der Waals surface area contributed by atoms with Crippen LogP contribution in [0.3, 0.4) is 0 Å². The lowest BCUT2D eigenvalue weighted by molar-refractivity contribution is -0.149. The highest BCUT2D eigenvalue weighted by Crippen LogP contribution is 2.18. The fourth-order valence-electron chi connectivity index (χ4n) is 2.34. The third kappa shape index (κ3) is 5.92. The summed E-state index contributed by atoms with van der Waals surface area (Å²) in [7, 11) is 0. The van der Waals surface area contributed by atoms with Crippen LogP contribution in [0.1, 0.15) is 36.5 Å². The number of esters is 1. The number of hydrogen-bond donors (Lipinski definition) is 1. The molecule has 0 bridgehead atoms. The Morgan fingerprint density at radius 2 is 1.69 bits per heavy atom. The Morgan fingerprint density at radius 1 is 1.00 bits per heavy atom. The fraction of sp³-hybridized carbons (Fsp3) is 0.333. The van der Waals surface area contributed by atoms with E-state index in [4.69, 9.17) is 9.47 Å². The van der Waals surface area contributed by atoms with E-state index in [1.54, 1.807) is 0 Å². The lowest BCUT2D eigenvalue weighted by Crippen LogP contribution is -2.24. The maximum Gasteiger partial charge on any atom is 0.344 e. The molecule has 0 saturated heterocycles. The number of carbonyl (C=O) groups excluding carboxylic acids is 2. The van der Waals surface area contributed by atoms with Crippen molar-refractivity contribution in [3.63, 3.8) is 0 Å². The van der Waals surface area contributed by atoms with Gasteiger partial charge in [0, 0.05) is 5.69 Å². The number of carbonyl (C=O) groups is 2. The predicted octanol–water partition coefficient (Wildman–Crippen LogP) is 3.99. The molecule has 0 aliphatic heterocycles. The highest BCUT2D eigenvalue weighted by atomic mass is 16.6. The maximum absolute atomic E-state index is 11.9. The molecule has 2 rings (SSSR count). The quantitative estimate of drug-likeness (QED) is 0.763. The van der Waals surface area contributed by atoms with Gasteiger partial charge < -0.3 is 14.8 Å². The molecule has 0 radical (unpaired) electrons. The number of benzene rings is 2. The van der Waals surface area contributed by atoms with E-state index in [2.05, 4.69) is 19.2 Å². The van der Waals surface area contributed by atoms with Crippen molar-refractivity contribution in [3.05, 3.63) is 59.2 Å².